The van der Waals surface area contributed by atoms with Crippen molar-refractivity contribution in [3.63, 3.8) is 0 Å². The number of H-pyrrole nitrogens is 1. The van der Waals surface area contributed by atoms with Crippen LogP contribution in [0.2, 0.25) is 0 Å². The molecule has 0 radical (unpaired) electrons. The van der Waals surface area contributed by atoms with Crippen molar-refractivity contribution in [3.8, 4) is 0 Å². The van der Waals surface area contributed by atoms with E-state index in [1.807, 2.05) is 30.3 Å². The second-order valence-electron chi connectivity index (χ2n) is 5.93. The first-order valence-corrected chi connectivity index (χ1v) is 7.84. The van der Waals surface area contributed by atoms with E-state index in [2.05, 4.69) is 22.1 Å². The van der Waals surface area contributed by atoms with Crippen LogP contribution in [-0.4, -0.2) is 41.5 Å². The van der Waals surface area contributed by atoms with Gasteiger partial charge in [0.25, 0.3) is 5.91 Å². The van der Waals surface area contributed by atoms with E-state index in [1.54, 1.807) is 0 Å². The van der Waals surface area contributed by atoms with E-state index in [-0.39, 0.29) is 5.91 Å². The average molecular weight is 285 g/mol. The van der Waals surface area contributed by atoms with E-state index < -0.39 is 0 Å². The molecule has 1 aliphatic rings. The highest BCUT2D eigenvalue weighted by Gasteiger charge is 2.17. The van der Waals surface area contributed by atoms with Crippen LogP contribution in [-0.2, 0) is 0 Å². The molecule has 1 atom stereocenters. The van der Waals surface area contributed by atoms with Crippen LogP contribution < -0.4 is 5.32 Å². The lowest BCUT2D eigenvalue weighted by Crippen LogP contribution is -2.44. The van der Waals surface area contributed by atoms with Gasteiger partial charge in [-0.25, -0.2) is 0 Å². The highest BCUT2D eigenvalue weighted by atomic mass is 16.1. The van der Waals surface area contributed by atoms with Crippen LogP contribution in [0, 0.1) is 0 Å². The second kappa shape index (κ2) is 6.31. The lowest BCUT2D eigenvalue weighted by Gasteiger charge is -2.32. The molecule has 3 rings (SSSR count). The maximum Gasteiger partial charge on any atom is 0.267 e. The topological polar surface area (TPSA) is 48.1 Å². The van der Waals surface area contributed by atoms with Gasteiger partial charge in [-0.1, -0.05) is 24.6 Å². The molecule has 1 saturated heterocycles. The number of carbonyl (C=O) groups is 1. The van der Waals surface area contributed by atoms with Gasteiger partial charge in [0, 0.05) is 23.5 Å². The van der Waals surface area contributed by atoms with Crippen LogP contribution in [0.5, 0.6) is 0 Å². The largest absolute Gasteiger partial charge is 0.351 e. The summed E-state index contributed by atoms with van der Waals surface area (Å²) < 4.78 is 0. The summed E-state index contributed by atoms with van der Waals surface area (Å²) in [5, 5.41) is 4.12. The second-order valence-corrected chi connectivity index (χ2v) is 5.93. The van der Waals surface area contributed by atoms with Gasteiger partial charge in [0.1, 0.15) is 5.69 Å². The standard InChI is InChI=1S/C17H23N3O/c1-13(20-9-5-2-6-10-20)12-18-17(21)16-11-14-7-3-4-8-15(14)19-16/h3-4,7-8,11,13,19H,2,5-6,9-10,12H2,1H3,(H,18,21). The monoisotopic (exact) mass is 285 g/mol. The number of rotatable bonds is 4. The van der Waals surface area contributed by atoms with Gasteiger partial charge < -0.3 is 10.3 Å². The zero-order chi connectivity index (χ0) is 14.7. The van der Waals surface area contributed by atoms with E-state index in [1.165, 1.54) is 19.3 Å². The number of fused-ring (bicyclic) bond motifs is 1. The number of aromatic nitrogens is 1. The van der Waals surface area contributed by atoms with Crippen LogP contribution in [0.1, 0.15) is 36.7 Å². The minimum atomic E-state index is -0.0185. The Balaban J connectivity index is 1.58. The molecule has 2 heterocycles. The maximum atomic E-state index is 12.2. The number of hydrogen-bond acceptors (Lipinski definition) is 2. The number of likely N-dealkylation sites (tertiary alicyclic amines) is 1. The molecule has 0 bridgehead atoms. The Morgan fingerprint density at radius 1 is 1.29 bits per heavy atom. The number of nitrogens with one attached hydrogen (secondary N) is 2. The van der Waals surface area contributed by atoms with Crippen LogP contribution in [0.4, 0.5) is 0 Å². The highest BCUT2D eigenvalue weighted by Crippen LogP contribution is 2.15. The van der Waals surface area contributed by atoms with Crippen molar-refractivity contribution < 1.29 is 4.79 Å². The minimum absolute atomic E-state index is 0.0185. The molecule has 21 heavy (non-hydrogen) atoms. The summed E-state index contributed by atoms with van der Waals surface area (Å²) >= 11 is 0. The number of nitrogens with zero attached hydrogens (tertiary/aromatic N) is 1. The van der Waals surface area contributed by atoms with Gasteiger partial charge >= 0.3 is 0 Å². The number of piperidine rings is 1. The van der Waals surface area contributed by atoms with E-state index in [0.29, 0.717) is 18.3 Å². The number of amides is 1. The fraction of sp³-hybridized carbons (Fsp3) is 0.471. The summed E-state index contributed by atoms with van der Waals surface area (Å²) in [7, 11) is 0. The Bertz CT molecular complexity index is 580. The number of benzene rings is 1. The number of carbonyl (C=O) groups excluding carboxylic acids is 1. The molecule has 0 saturated carbocycles. The molecule has 0 aliphatic carbocycles. The third-order valence-corrected chi connectivity index (χ3v) is 4.35. The zero-order valence-corrected chi connectivity index (χ0v) is 12.6. The number of hydrogen-bond donors (Lipinski definition) is 2. The normalized spacial score (nSPS) is 17.8. The first kappa shape index (κ1) is 14.1. The van der Waals surface area contributed by atoms with Gasteiger partial charge in [-0.2, -0.15) is 0 Å². The Morgan fingerprint density at radius 2 is 2.05 bits per heavy atom. The van der Waals surface area contributed by atoms with Crippen LogP contribution in [0.25, 0.3) is 10.9 Å². The molecule has 1 aliphatic heterocycles. The zero-order valence-electron chi connectivity index (χ0n) is 12.6. The Labute approximate surface area is 125 Å². The number of para-hydroxylation sites is 1. The lowest BCUT2D eigenvalue weighted by atomic mass is 10.1. The summed E-state index contributed by atoms with van der Waals surface area (Å²) in [6.45, 7) is 5.21. The summed E-state index contributed by atoms with van der Waals surface area (Å²) in [5.41, 5.74) is 1.65. The molecular formula is C17H23N3O. The van der Waals surface area contributed by atoms with Crippen LogP contribution in [0.15, 0.2) is 30.3 Å². The predicted molar refractivity (Wildman–Crippen MR) is 85.5 cm³/mol. The minimum Gasteiger partial charge on any atom is -0.351 e. The predicted octanol–water partition coefficient (Wildman–Crippen LogP) is 2.77. The van der Waals surface area contributed by atoms with E-state index in [9.17, 15) is 4.79 Å². The molecule has 4 heteroatoms. The van der Waals surface area contributed by atoms with Crippen molar-refractivity contribution in [2.75, 3.05) is 19.6 Å². The first-order chi connectivity index (χ1) is 10.2. The lowest BCUT2D eigenvalue weighted by molar-refractivity contribution is 0.0926. The molecule has 1 amide bonds. The van der Waals surface area contributed by atoms with Crippen molar-refractivity contribution in [3.05, 3.63) is 36.0 Å². The average Bonchev–Trinajstić information content (AvgIpc) is 2.97. The van der Waals surface area contributed by atoms with E-state index >= 15 is 0 Å². The molecule has 0 spiro atoms. The van der Waals surface area contributed by atoms with Crippen LogP contribution in [0.3, 0.4) is 0 Å². The van der Waals surface area contributed by atoms with Gasteiger partial charge in [-0.15, -0.1) is 0 Å². The van der Waals surface area contributed by atoms with Gasteiger partial charge in [0.2, 0.25) is 0 Å². The SMILES string of the molecule is CC(CNC(=O)c1cc2ccccc2[nH]1)N1CCCCC1. The summed E-state index contributed by atoms with van der Waals surface area (Å²) in [5.74, 6) is -0.0185. The van der Waals surface area contributed by atoms with Crippen molar-refractivity contribution in [1.82, 2.24) is 15.2 Å². The molecule has 1 unspecified atom stereocenters. The van der Waals surface area contributed by atoms with Crippen molar-refractivity contribution >= 4 is 16.8 Å². The highest BCUT2D eigenvalue weighted by molar-refractivity contribution is 5.97. The Kier molecular flexibility index (Phi) is 4.25. The fourth-order valence-corrected chi connectivity index (χ4v) is 3.02. The smallest absolute Gasteiger partial charge is 0.267 e. The molecule has 1 aromatic carbocycles. The summed E-state index contributed by atoms with van der Waals surface area (Å²) in [6, 6.07) is 10.3. The molecule has 112 valence electrons. The molecule has 1 fully saturated rings. The van der Waals surface area contributed by atoms with Crippen LogP contribution >= 0.6 is 0 Å². The summed E-state index contributed by atoms with van der Waals surface area (Å²) in [4.78, 5) is 17.9. The fourth-order valence-electron chi connectivity index (χ4n) is 3.02. The third-order valence-electron chi connectivity index (χ3n) is 4.35. The van der Waals surface area contributed by atoms with E-state index in [0.717, 1.165) is 24.0 Å². The van der Waals surface area contributed by atoms with Crippen molar-refractivity contribution in [1.29, 1.82) is 0 Å². The quantitative estimate of drug-likeness (QED) is 0.907. The molecule has 2 N–H and O–H groups in total. The molecule has 4 nitrogen and oxygen atoms in total. The maximum absolute atomic E-state index is 12.2. The Hall–Kier alpha value is -1.81. The van der Waals surface area contributed by atoms with Gasteiger partial charge in [-0.05, 0) is 45.0 Å². The van der Waals surface area contributed by atoms with Crippen molar-refractivity contribution in [2.24, 2.45) is 0 Å². The van der Waals surface area contributed by atoms with Gasteiger partial charge in [-0.3, -0.25) is 9.69 Å². The number of aromatic amines is 1. The summed E-state index contributed by atoms with van der Waals surface area (Å²) in [6.07, 6.45) is 3.89. The molecule has 2 aromatic rings. The third kappa shape index (κ3) is 3.27. The Morgan fingerprint density at radius 3 is 2.81 bits per heavy atom. The van der Waals surface area contributed by atoms with Gasteiger partial charge in [0.05, 0.1) is 0 Å². The molecular weight excluding hydrogens is 262 g/mol. The van der Waals surface area contributed by atoms with Gasteiger partial charge in [0.15, 0.2) is 0 Å². The van der Waals surface area contributed by atoms with Crippen molar-refractivity contribution in [2.45, 2.75) is 32.2 Å². The first-order valence-electron chi connectivity index (χ1n) is 7.84. The van der Waals surface area contributed by atoms with E-state index in [4.69, 9.17) is 0 Å². The molecule has 1 aromatic heterocycles.